The van der Waals surface area contributed by atoms with Crippen LogP contribution in [-0.2, 0) is 4.79 Å². The van der Waals surface area contributed by atoms with E-state index in [9.17, 15) is 14.7 Å². The average Bonchev–Trinajstić information content (AvgIpc) is 2.87. The molecular formula is C16H19BrN2O3. The van der Waals surface area contributed by atoms with E-state index < -0.39 is 17.9 Å². The van der Waals surface area contributed by atoms with Crippen LogP contribution < -0.4 is 5.32 Å². The maximum atomic E-state index is 12.3. The highest BCUT2D eigenvalue weighted by Crippen LogP contribution is 2.26. The fourth-order valence-electron chi connectivity index (χ4n) is 2.35. The first-order valence-corrected chi connectivity index (χ1v) is 7.95. The fraction of sp³-hybridized carbons (Fsp3) is 0.375. The van der Waals surface area contributed by atoms with E-state index in [-0.39, 0.29) is 5.92 Å². The predicted molar refractivity (Wildman–Crippen MR) is 89.1 cm³/mol. The van der Waals surface area contributed by atoms with E-state index in [0.717, 1.165) is 20.9 Å². The first-order chi connectivity index (χ1) is 10.3. The molecule has 0 aliphatic heterocycles. The van der Waals surface area contributed by atoms with Gasteiger partial charge in [-0.3, -0.25) is 4.79 Å². The van der Waals surface area contributed by atoms with Gasteiger partial charge in [0.15, 0.2) is 0 Å². The van der Waals surface area contributed by atoms with Crippen molar-refractivity contribution >= 4 is 38.7 Å². The van der Waals surface area contributed by atoms with Gasteiger partial charge in [-0.2, -0.15) is 0 Å². The van der Waals surface area contributed by atoms with Gasteiger partial charge in [-0.05, 0) is 36.6 Å². The van der Waals surface area contributed by atoms with Crippen molar-refractivity contribution in [3.63, 3.8) is 0 Å². The Hall–Kier alpha value is -1.82. The van der Waals surface area contributed by atoms with E-state index in [1.807, 2.05) is 32.9 Å². The van der Waals surface area contributed by atoms with Gasteiger partial charge in [-0.25, -0.2) is 4.79 Å². The van der Waals surface area contributed by atoms with E-state index in [4.69, 9.17) is 0 Å². The number of benzene rings is 1. The minimum atomic E-state index is -1.02. The highest BCUT2D eigenvalue weighted by atomic mass is 79.9. The number of nitrogens with one attached hydrogen (secondary N) is 2. The highest BCUT2D eigenvalue weighted by molar-refractivity contribution is 9.10. The number of carboxylic acids is 1. The summed E-state index contributed by atoms with van der Waals surface area (Å²) in [4.78, 5) is 26.7. The molecule has 2 aromatic rings. The molecule has 0 saturated heterocycles. The summed E-state index contributed by atoms with van der Waals surface area (Å²) in [6.07, 6.45) is 0.675. The molecule has 2 unspecified atom stereocenters. The molecule has 0 aliphatic rings. The van der Waals surface area contributed by atoms with Crippen LogP contribution in [0.4, 0.5) is 0 Å². The number of hydrogen-bond acceptors (Lipinski definition) is 2. The summed E-state index contributed by atoms with van der Waals surface area (Å²) in [5, 5.41) is 12.7. The smallest absolute Gasteiger partial charge is 0.326 e. The van der Waals surface area contributed by atoms with Crippen molar-refractivity contribution in [1.29, 1.82) is 0 Å². The molecule has 1 aromatic heterocycles. The van der Waals surface area contributed by atoms with Gasteiger partial charge >= 0.3 is 5.97 Å². The third-order valence-corrected chi connectivity index (χ3v) is 4.50. The number of hydrogen-bond donors (Lipinski definition) is 3. The number of fused-ring (bicyclic) bond motifs is 1. The quantitative estimate of drug-likeness (QED) is 0.757. The third kappa shape index (κ3) is 3.32. The number of halogens is 1. The lowest BCUT2D eigenvalue weighted by Crippen LogP contribution is -2.45. The fourth-order valence-corrected chi connectivity index (χ4v) is 3.04. The molecule has 0 bridgehead atoms. The Morgan fingerprint density at radius 3 is 2.64 bits per heavy atom. The molecule has 1 aromatic carbocycles. The zero-order valence-corrected chi connectivity index (χ0v) is 14.3. The standard InChI is InChI=1S/C16H19BrN2O3/c1-4-9(3)14(16(21)22)19-15(20)13-7-10-11(17)5-8(2)6-12(10)18-13/h5-7,9,14,18H,4H2,1-3H3,(H,19,20)(H,21,22). The molecule has 118 valence electrons. The largest absolute Gasteiger partial charge is 0.480 e. The molecule has 1 amide bonds. The van der Waals surface area contributed by atoms with Gasteiger partial charge in [0, 0.05) is 15.4 Å². The van der Waals surface area contributed by atoms with Crippen molar-refractivity contribution < 1.29 is 14.7 Å². The molecule has 0 fully saturated rings. The zero-order valence-electron chi connectivity index (χ0n) is 12.7. The Morgan fingerprint density at radius 2 is 2.05 bits per heavy atom. The second-order valence-electron chi connectivity index (χ2n) is 5.57. The van der Waals surface area contributed by atoms with Crippen LogP contribution in [0.5, 0.6) is 0 Å². The molecule has 1 heterocycles. The first kappa shape index (κ1) is 16.5. The van der Waals surface area contributed by atoms with Crippen LogP contribution in [0.25, 0.3) is 10.9 Å². The van der Waals surface area contributed by atoms with Crippen LogP contribution >= 0.6 is 15.9 Å². The molecule has 2 rings (SSSR count). The van der Waals surface area contributed by atoms with Gasteiger partial charge in [0.05, 0.1) is 0 Å². The van der Waals surface area contributed by atoms with Crippen molar-refractivity contribution in [3.8, 4) is 0 Å². The second-order valence-corrected chi connectivity index (χ2v) is 6.42. The van der Waals surface area contributed by atoms with E-state index >= 15 is 0 Å². The molecule has 5 nitrogen and oxygen atoms in total. The third-order valence-electron chi connectivity index (χ3n) is 3.84. The average molecular weight is 367 g/mol. The van der Waals surface area contributed by atoms with Gasteiger partial charge in [0.25, 0.3) is 5.91 Å². The maximum Gasteiger partial charge on any atom is 0.326 e. The van der Waals surface area contributed by atoms with E-state index in [0.29, 0.717) is 12.1 Å². The molecule has 0 saturated carbocycles. The van der Waals surface area contributed by atoms with Crippen LogP contribution in [0.2, 0.25) is 0 Å². The lowest BCUT2D eigenvalue weighted by atomic mass is 9.99. The number of carboxylic acid groups (broad SMARTS) is 1. The monoisotopic (exact) mass is 366 g/mol. The molecule has 6 heteroatoms. The molecular weight excluding hydrogens is 348 g/mol. The topological polar surface area (TPSA) is 82.2 Å². The normalized spacial score (nSPS) is 13.8. The van der Waals surface area contributed by atoms with Crippen molar-refractivity contribution in [1.82, 2.24) is 10.3 Å². The number of carbonyl (C=O) groups is 2. The number of carbonyl (C=O) groups excluding carboxylic acids is 1. The molecule has 3 N–H and O–H groups in total. The van der Waals surface area contributed by atoms with Crippen LogP contribution in [0, 0.1) is 12.8 Å². The van der Waals surface area contributed by atoms with Crippen LogP contribution in [0.1, 0.15) is 36.3 Å². The Labute approximate surface area is 137 Å². The van der Waals surface area contributed by atoms with Crippen molar-refractivity contribution in [2.45, 2.75) is 33.2 Å². The highest BCUT2D eigenvalue weighted by Gasteiger charge is 2.26. The first-order valence-electron chi connectivity index (χ1n) is 7.16. The van der Waals surface area contributed by atoms with Gasteiger partial charge in [-0.1, -0.05) is 36.2 Å². The molecule has 0 radical (unpaired) electrons. The zero-order chi connectivity index (χ0) is 16.4. The SMILES string of the molecule is CCC(C)C(NC(=O)c1cc2c(Br)cc(C)cc2[nH]1)C(=O)O. The summed E-state index contributed by atoms with van der Waals surface area (Å²) in [5.41, 5.74) is 2.26. The number of H-pyrrole nitrogens is 1. The second kappa shape index (κ2) is 6.52. The summed E-state index contributed by atoms with van der Waals surface area (Å²) >= 11 is 3.47. The maximum absolute atomic E-state index is 12.3. The minimum absolute atomic E-state index is 0.139. The van der Waals surface area contributed by atoms with E-state index in [1.54, 1.807) is 6.07 Å². The molecule has 0 spiro atoms. The number of amides is 1. The van der Waals surface area contributed by atoms with Crippen molar-refractivity contribution in [3.05, 3.63) is 33.9 Å². The summed E-state index contributed by atoms with van der Waals surface area (Å²) in [5.74, 6) is -1.57. The Kier molecular flexibility index (Phi) is 4.90. The lowest BCUT2D eigenvalue weighted by Gasteiger charge is -2.19. The molecule has 22 heavy (non-hydrogen) atoms. The van der Waals surface area contributed by atoms with Gasteiger partial charge in [-0.15, -0.1) is 0 Å². The van der Waals surface area contributed by atoms with Crippen LogP contribution in [0.15, 0.2) is 22.7 Å². The van der Waals surface area contributed by atoms with E-state index in [1.165, 1.54) is 0 Å². The molecule has 2 atom stereocenters. The Bertz CT molecular complexity index is 723. The summed E-state index contributed by atoms with van der Waals surface area (Å²) < 4.78 is 0.898. The predicted octanol–water partition coefficient (Wildman–Crippen LogP) is 3.47. The van der Waals surface area contributed by atoms with Gasteiger partial charge < -0.3 is 15.4 Å². The Morgan fingerprint density at radius 1 is 1.36 bits per heavy atom. The number of rotatable bonds is 5. The van der Waals surface area contributed by atoms with E-state index in [2.05, 4.69) is 26.2 Å². The summed E-state index contributed by atoms with van der Waals surface area (Å²) in [6, 6.07) is 4.75. The number of aromatic nitrogens is 1. The van der Waals surface area contributed by atoms with Crippen molar-refractivity contribution in [2.24, 2.45) is 5.92 Å². The minimum Gasteiger partial charge on any atom is -0.480 e. The van der Waals surface area contributed by atoms with Crippen molar-refractivity contribution in [2.75, 3.05) is 0 Å². The number of aryl methyl sites for hydroxylation is 1. The summed E-state index contributed by atoms with van der Waals surface area (Å²) in [7, 11) is 0. The summed E-state index contributed by atoms with van der Waals surface area (Å²) in [6.45, 7) is 5.67. The van der Waals surface area contributed by atoms with Gasteiger partial charge in [0.1, 0.15) is 11.7 Å². The van der Waals surface area contributed by atoms with Gasteiger partial charge in [0.2, 0.25) is 0 Å². The number of aliphatic carboxylic acids is 1. The number of aromatic amines is 1. The van der Waals surface area contributed by atoms with Crippen LogP contribution in [0.3, 0.4) is 0 Å². The molecule has 0 aliphatic carbocycles. The Balaban J connectivity index is 2.29. The lowest BCUT2D eigenvalue weighted by molar-refractivity contribution is -0.140. The van der Waals surface area contributed by atoms with Crippen LogP contribution in [-0.4, -0.2) is 28.0 Å².